The van der Waals surface area contributed by atoms with E-state index in [1.54, 1.807) is 0 Å². The standard InChI is InChI=1S/C16H17NO2.C2H6/c1-2-3-8-18-13-4-5-15-14-6-7-17-10-12(14)11-19-16(15)9-13;1-2/h4-7,9-10H,2-3,8,11H2,1H3;1-2H3. The molecule has 3 rings (SSSR count). The lowest BCUT2D eigenvalue weighted by atomic mass is 9.99. The van der Waals surface area contributed by atoms with Crippen LogP contribution in [0.5, 0.6) is 11.5 Å². The number of hydrogen-bond acceptors (Lipinski definition) is 3. The fourth-order valence-corrected chi connectivity index (χ4v) is 2.23. The van der Waals surface area contributed by atoms with Crippen LogP contribution in [0.25, 0.3) is 11.1 Å². The summed E-state index contributed by atoms with van der Waals surface area (Å²) >= 11 is 0. The van der Waals surface area contributed by atoms with Crippen LogP contribution in [-0.4, -0.2) is 11.6 Å². The summed E-state index contributed by atoms with van der Waals surface area (Å²) in [4.78, 5) is 4.13. The molecule has 1 aromatic heterocycles. The molecule has 0 radical (unpaired) electrons. The molecule has 0 saturated carbocycles. The van der Waals surface area contributed by atoms with Gasteiger partial charge in [0.15, 0.2) is 0 Å². The van der Waals surface area contributed by atoms with Gasteiger partial charge in [-0.05, 0) is 30.2 Å². The Morgan fingerprint density at radius 1 is 1.19 bits per heavy atom. The number of ether oxygens (including phenoxy) is 2. The minimum Gasteiger partial charge on any atom is -0.493 e. The summed E-state index contributed by atoms with van der Waals surface area (Å²) in [5, 5.41) is 0. The highest BCUT2D eigenvalue weighted by atomic mass is 16.5. The first-order valence-electron chi connectivity index (χ1n) is 7.71. The van der Waals surface area contributed by atoms with E-state index in [9.17, 15) is 0 Å². The topological polar surface area (TPSA) is 31.4 Å². The van der Waals surface area contributed by atoms with Crippen LogP contribution in [0.2, 0.25) is 0 Å². The van der Waals surface area contributed by atoms with Gasteiger partial charge in [0, 0.05) is 29.6 Å². The van der Waals surface area contributed by atoms with Gasteiger partial charge < -0.3 is 9.47 Å². The van der Waals surface area contributed by atoms with Crippen molar-refractivity contribution in [2.75, 3.05) is 6.61 Å². The quantitative estimate of drug-likeness (QED) is 0.753. The van der Waals surface area contributed by atoms with E-state index >= 15 is 0 Å². The zero-order chi connectivity index (χ0) is 15.1. The normalized spacial score (nSPS) is 11.4. The smallest absolute Gasteiger partial charge is 0.131 e. The second-order valence-corrected chi connectivity index (χ2v) is 4.68. The highest BCUT2D eigenvalue weighted by Gasteiger charge is 2.17. The average Bonchev–Trinajstić information content (AvgIpc) is 2.56. The fraction of sp³-hybridized carbons (Fsp3) is 0.389. The molecule has 21 heavy (non-hydrogen) atoms. The van der Waals surface area contributed by atoms with E-state index in [1.807, 2.05) is 44.4 Å². The molecule has 1 aromatic carbocycles. The predicted molar refractivity (Wildman–Crippen MR) is 85.8 cm³/mol. The molecule has 0 atom stereocenters. The van der Waals surface area contributed by atoms with Gasteiger partial charge in [-0.25, -0.2) is 0 Å². The third kappa shape index (κ3) is 3.54. The molecule has 1 aliphatic rings. The Labute approximate surface area is 126 Å². The Kier molecular flexibility index (Phi) is 5.61. The highest BCUT2D eigenvalue weighted by molar-refractivity contribution is 5.75. The molecular formula is C18H23NO2. The van der Waals surface area contributed by atoms with Crippen LogP contribution in [-0.2, 0) is 6.61 Å². The molecule has 2 aromatic rings. The molecule has 0 spiro atoms. The molecule has 0 unspecified atom stereocenters. The van der Waals surface area contributed by atoms with E-state index in [4.69, 9.17) is 9.47 Å². The van der Waals surface area contributed by atoms with Gasteiger partial charge in [-0.2, -0.15) is 0 Å². The van der Waals surface area contributed by atoms with Gasteiger partial charge in [0.2, 0.25) is 0 Å². The lowest BCUT2D eigenvalue weighted by Crippen LogP contribution is -2.06. The van der Waals surface area contributed by atoms with Crippen molar-refractivity contribution in [3.05, 3.63) is 42.2 Å². The zero-order valence-corrected chi connectivity index (χ0v) is 13.1. The van der Waals surface area contributed by atoms with Gasteiger partial charge in [0.1, 0.15) is 18.1 Å². The Morgan fingerprint density at radius 3 is 2.86 bits per heavy atom. The van der Waals surface area contributed by atoms with E-state index in [0.29, 0.717) is 6.61 Å². The van der Waals surface area contributed by atoms with Crippen molar-refractivity contribution in [1.82, 2.24) is 4.98 Å². The van der Waals surface area contributed by atoms with Crippen molar-refractivity contribution in [3.63, 3.8) is 0 Å². The largest absolute Gasteiger partial charge is 0.493 e. The van der Waals surface area contributed by atoms with Gasteiger partial charge in [-0.3, -0.25) is 4.98 Å². The van der Waals surface area contributed by atoms with Crippen LogP contribution in [0.4, 0.5) is 0 Å². The lowest BCUT2D eigenvalue weighted by molar-refractivity contribution is 0.289. The minimum atomic E-state index is 0.578. The van der Waals surface area contributed by atoms with Crippen LogP contribution in [0.15, 0.2) is 36.7 Å². The Morgan fingerprint density at radius 2 is 2.05 bits per heavy atom. The monoisotopic (exact) mass is 285 g/mol. The van der Waals surface area contributed by atoms with Crippen LogP contribution in [0.1, 0.15) is 39.2 Å². The number of aromatic nitrogens is 1. The van der Waals surface area contributed by atoms with Crippen molar-refractivity contribution in [1.29, 1.82) is 0 Å². The molecule has 3 heteroatoms. The van der Waals surface area contributed by atoms with E-state index < -0.39 is 0 Å². The Bertz CT molecular complexity index is 581. The molecular weight excluding hydrogens is 262 g/mol. The van der Waals surface area contributed by atoms with E-state index in [2.05, 4.69) is 18.0 Å². The maximum absolute atomic E-state index is 5.78. The Hall–Kier alpha value is -2.03. The third-order valence-corrected chi connectivity index (χ3v) is 3.30. The Balaban J connectivity index is 0.000000774. The molecule has 3 nitrogen and oxygen atoms in total. The summed E-state index contributed by atoms with van der Waals surface area (Å²) in [7, 11) is 0. The number of pyridine rings is 1. The minimum absolute atomic E-state index is 0.578. The zero-order valence-electron chi connectivity index (χ0n) is 13.1. The van der Waals surface area contributed by atoms with Crippen molar-refractivity contribution >= 4 is 0 Å². The molecule has 112 valence electrons. The van der Waals surface area contributed by atoms with Crippen LogP contribution < -0.4 is 9.47 Å². The number of fused-ring (bicyclic) bond motifs is 3. The van der Waals surface area contributed by atoms with Gasteiger partial charge in [-0.1, -0.05) is 27.2 Å². The maximum atomic E-state index is 5.78. The summed E-state index contributed by atoms with van der Waals surface area (Å²) in [6.07, 6.45) is 5.90. The number of benzene rings is 1. The van der Waals surface area contributed by atoms with Gasteiger partial charge in [-0.15, -0.1) is 0 Å². The van der Waals surface area contributed by atoms with Gasteiger partial charge in [0.25, 0.3) is 0 Å². The number of unbranched alkanes of at least 4 members (excludes halogenated alkanes) is 1. The highest BCUT2D eigenvalue weighted by Crippen LogP contribution is 2.39. The number of rotatable bonds is 4. The molecule has 1 aliphatic heterocycles. The van der Waals surface area contributed by atoms with Crippen molar-refractivity contribution in [2.45, 2.75) is 40.2 Å². The average molecular weight is 285 g/mol. The van der Waals surface area contributed by atoms with Gasteiger partial charge in [0.05, 0.1) is 6.61 Å². The molecule has 2 heterocycles. The van der Waals surface area contributed by atoms with Crippen molar-refractivity contribution in [3.8, 4) is 22.6 Å². The SMILES string of the molecule is CC.CCCCOc1ccc2c(c1)OCc1cnccc1-2. The first kappa shape index (κ1) is 15.4. The third-order valence-electron chi connectivity index (χ3n) is 3.30. The van der Waals surface area contributed by atoms with Gasteiger partial charge >= 0.3 is 0 Å². The molecule has 0 amide bonds. The maximum Gasteiger partial charge on any atom is 0.131 e. The van der Waals surface area contributed by atoms with Crippen LogP contribution in [0.3, 0.4) is 0 Å². The molecule has 0 fully saturated rings. The van der Waals surface area contributed by atoms with E-state index in [-0.39, 0.29) is 0 Å². The summed E-state index contributed by atoms with van der Waals surface area (Å²) < 4.78 is 11.5. The first-order chi connectivity index (χ1) is 10.4. The molecule has 0 saturated heterocycles. The van der Waals surface area contributed by atoms with E-state index in [0.717, 1.165) is 42.1 Å². The summed E-state index contributed by atoms with van der Waals surface area (Å²) in [6, 6.07) is 8.09. The fourth-order valence-electron chi connectivity index (χ4n) is 2.23. The summed E-state index contributed by atoms with van der Waals surface area (Å²) in [5.74, 6) is 1.78. The first-order valence-corrected chi connectivity index (χ1v) is 7.71. The summed E-state index contributed by atoms with van der Waals surface area (Å²) in [5.41, 5.74) is 3.46. The van der Waals surface area contributed by atoms with Crippen LogP contribution in [0, 0.1) is 0 Å². The molecule has 0 aliphatic carbocycles. The second-order valence-electron chi connectivity index (χ2n) is 4.68. The predicted octanol–water partition coefficient (Wildman–Crippen LogP) is 4.85. The molecule has 0 bridgehead atoms. The molecule has 0 N–H and O–H groups in total. The summed E-state index contributed by atoms with van der Waals surface area (Å²) in [6.45, 7) is 7.49. The lowest BCUT2D eigenvalue weighted by Gasteiger charge is -2.20. The second kappa shape index (κ2) is 7.67. The van der Waals surface area contributed by atoms with Crippen molar-refractivity contribution < 1.29 is 9.47 Å². The number of nitrogens with zero attached hydrogens (tertiary/aromatic N) is 1. The van der Waals surface area contributed by atoms with E-state index in [1.165, 1.54) is 5.56 Å². The van der Waals surface area contributed by atoms with Crippen molar-refractivity contribution in [2.24, 2.45) is 0 Å². The number of hydrogen-bond donors (Lipinski definition) is 0. The van der Waals surface area contributed by atoms with Crippen LogP contribution >= 0.6 is 0 Å².